The van der Waals surface area contributed by atoms with E-state index in [-0.39, 0.29) is 18.7 Å². The van der Waals surface area contributed by atoms with Gasteiger partial charge in [0.25, 0.3) is 11.4 Å². The zero-order valence-corrected chi connectivity index (χ0v) is 10.4. The number of halogens is 3. The summed E-state index contributed by atoms with van der Waals surface area (Å²) in [4.78, 5) is 14.8. The Hall–Kier alpha value is -2.02. The molecule has 4 nitrogen and oxygen atoms in total. The fraction of sp³-hybridized carbons (Fsp3) is 0.308. The molecule has 2 heterocycles. The molecule has 1 fully saturated rings. The fourth-order valence-corrected chi connectivity index (χ4v) is 2.73. The van der Waals surface area contributed by atoms with Crippen molar-refractivity contribution in [2.75, 3.05) is 13.1 Å². The van der Waals surface area contributed by atoms with Crippen LogP contribution in [0.15, 0.2) is 30.5 Å². The first-order chi connectivity index (χ1) is 9.47. The van der Waals surface area contributed by atoms with Gasteiger partial charge in [-0.2, -0.15) is 13.2 Å². The summed E-state index contributed by atoms with van der Waals surface area (Å²) < 4.78 is 40.9. The molecular formula is C13H13F3N3O+. The Balaban J connectivity index is 2.27. The van der Waals surface area contributed by atoms with Gasteiger partial charge in [0.2, 0.25) is 0 Å². The number of carbonyl (C=O) groups excluding carboxylic acids is 1. The minimum atomic E-state index is -4.68. The van der Waals surface area contributed by atoms with E-state index >= 15 is 0 Å². The Morgan fingerprint density at radius 2 is 2.00 bits per heavy atom. The molecule has 1 unspecified atom stereocenters. The van der Waals surface area contributed by atoms with E-state index in [1.807, 2.05) is 0 Å². The van der Waals surface area contributed by atoms with Gasteiger partial charge in [-0.05, 0) is 6.07 Å². The summed E-state index contributed by atoms with van der Waals surface area (Å²) in [6.07, 6.45) is -3.40. The standard InChI is InChI=1S/C13H12F3N3O/c14-13(15,16)12(11(20)17-5-6-19-12)9-7-18-10-4-2-1-3-8(9)10/h1-4,7,18-19H,5-6H2,(H,17,20)/p+1. The molecule has 1 aromatic heterocycles. The minimum Gasteiger partial charge on any atom is -0.361 e. The Kier molecular flexibility index (Phi) is 2.75. The van der Waals surface area contributed by atoms with Gasteiger partial charge in [-0.1, -0.05) is 18.2 Å². The normalized spacial score (nSPS) is 23.9. The Bertz CT molecular complexity index is 664. The lowest BCUT2D eigenvalue weighted by Gasteiger charge is -2.34. The average Bonchev–Trinajstić information content (AvgIpc) is 2.82. The summed E-state index contributed by atoms with van der Waals surface area (Å²) in [6.45, 7) is 0.420. The van der Waals surface area contributed by atoms with Crippen molar-refractivity contribution in [3.8, 4) is 0 Å². The maximum absolute atomic E-state index is 13.6. The van der Waals surface area contributed by atoms with E-state index in [0.717, 1.165) is 5.32 Å². The minimum absolute atomic E-state index is 0.0437. The van der Waals surface area contributed by atoms with Crippen molar-refractivity contribution < 1.29 is 23.3 Å². The average molecular weight is 284 g/mol. The molecule has 1 aliphatic rings. The Morgan fingerprint density at radius 3 is 2.70 bits per heavy atom. The van der Waals surface area contributed by atoms with E-state index in [9.17, 15) is 18.0 Å². The van der Waals surface area contributed by atoms with Gasteiger partial charge in [0, 0.05) is 17.1 Å². The number of carbonyl (C=O) groups is 1. The van der Waals surface area contributed by atoms with Crippen LogP contribution in [0.3, 0.4) is 0 Å². The summed E-state index contributed by atoms with van der Waals surface area (Å²) in [7, 11) is 0. The number of hydrogen-bond donors (Lipinski definition) is 3. The molecule has 4 N–H and O–H groups in total. The van der Waals surface area contributed by atoms with E-state index in [1.165, 1.54) is 6.20 Å². The highest BCUT2D eigenvalue weighted by atomic mass is 19.4. The van der Waals surface area contributed by atoms with E-state index in [1.54, 1.807) is 24.3 Å². The van der Waals surface area contributed by atoms with Crippen LogP contribution in [0.1, 0.15) is 5.56 Å². The van der Waals surface area contributed by atoms with Crippen LogP contribution in [0.25, 0.3) is 10.9 Å². The second-order valence-corrected chi connectivity index (χ2v) is 4.80. The lowest BCUT2D eigenvalue weighted by Crippen LogP contribution is -3.04. The van der Waals surface area contributed by atoms with E-state index in [2.05, 4.69) is 10.3 Å². The molecule has 1 amide bonds. The van der Waals surface area contributed by atoms with Crippen LogP contribution < -0.4 is 10.6 Å². The van der Waals surface area contributed by atoms with Crippen LogP contribution in [0.2, 0.25) is 0 Å². The molecule has 0 radical (unpaired) electrons. The smallest absolute Gasteiger partial charge is 0.361 e. The summed E-state index contributed by atoms with van der Waals surface area (Å²) in [5.74, 6) is -1.01. The zero-order chi connectivity index (χ0) is 14.4. The van der Waals surface area contributed by atoms with Crippen LogP contribution in [0.5, 0.6) is 0 Å². The molecular weight excluding hydrogens is 271 g/mol. The van der Waals surface area contributed by atoms with Crippen molar-refractivity contribution in [3.63, 3.8) is 0 Å². The third-order valence-electron chi connectivity index (χ3n) is 3.70. The number of para-hydroxylation sites is 1. The van der Waals surface area contributed by atoms with Crippen molar-refractivity contribution in [1.82, 2.24) is 10.3 Å². The van der Waals surface area contributed by atoms with Crippen molar-refractivity contribution in [1.29, 1.82) is 0 Å². The number of alkyl halides is 3. The number of hydrogen-bond acceptors (Lipinski definition) is 1. The van der Waals surface area contributed by atoms with Gasteiger partial charge >= 0.3 is 6.18 Å². The van der Waals surface area contributed by atoms with Crippen LogP contribution in [0, 0.1) is 0 Å². The number of rotatable bonds is 1. The zero-order valence-electron chi connectivity index (χ0n) is 10.4. The van der Waals surface area contributed by atoms with Gasteiger partial charge in [0.15, 0.2) is 0 Å². The van der Waals surface area contributed by atoms with Crippen molar-refractivity contribution in [2.45, 2.75) is 11.7 Å². The first-order valence-electron chi connectivity index (χ1n) is 6.23. The second-order valence-electron chi connectivity index (χ2n) is 4.80. The quantitative estimate of drug-likeness (QED) is 0.706. The summed E-state index contributed by atoms with van der Waals surface area (Å²) in [5, 5.41) is 3.81. The van der Waals surface area contributed by atoms with Gasteiger partial charge < -0.3 is 15.6 Å². The topological polar surface area (TPSA) is 61.5 Å². The third-order valence-corrected chi connectivity index (χ3v) is 3.70. The van der Waals surface area contributed by atoms with E-state index < -0.39 is 17.6 Å². The molecule has 0 bridgehead atoms. The largest absolute Gasteiger partial charge is 0.459 e. The number of fused-ring (bicyclic) bond motifs is 1. The van der Waals surface area contributed by atoms with Gasteiger partial charge in [0.1, 0.15) is 0 Å². The Morgan fingerprint density at radius 1 is 1.25 bits per heavy atom. The monoisotopic (exact) mass is 284 g/mol. The van der Waals surface area contributed by atoms with Gasteiger partial charge in [-0.25, -0.2) is 0 Å². The predicted molar refractivity (Wildman–Crippen MR) is 65.8 cm³/mol. The maximum atomic E-state index is 13.6. The molecule has 0 aliphatic carbocycles. The van der Waals surface area contributed by atoms with Crippen LogP contribution >= 0.6 is 0 Å². The van der Waals surface area contributed by atoms with Crippen LogP contribution in [0.4, 0.5) is 13.2 Å². The molecule has 1 atom stereocenters. The Labute approximate surface area is 112 Å². The summed E-state index contributed by atoms with van der Waals surface area (Å²) >= 11 is 0. The number of amides is 1. The third kappa shape index (κ3) is 1.62. The number of benzene rings is 1. The van der Waals surface area contributed by atoms with Crippen molar-refractivity contribution in [3.05, 3.63) is 36.0 Å². The molecule has 0 spiro atoms. The van der Waals surface area contributed by atoms with Crippen LogP contribution in [-0.2, 0) is 10.3 Å². The number of nitrogens with one attached hydrogen (secondary N) is 2. The highest BCUT2D eigenvalue weighted by molar-refractivity contribution is 5.94. The number of quaternary nitrogens is 1. The highest BCUT2D eigenvalue weighted by Crippen LogP contribution is 2.39. The number of aromatic nitrogens is 1. The van der Waals surface area contributed by atoms with Gasteiger partial charge in [-0.15, -0.1) is 0 Å². The molecule has 2 aromatic rings. The molecule has 3 rings (SSSR count). The fourth-order valence-electron chi connectivity index (χ4n) is 2.73. The van der Waals surface area contributed by atoms with Crippen LogP contribution in [-0.4, -0.2) is 30.2 Å². The first kappa shape index (κ1) is 13.0. The van der Waals surface area contributed by atoms with Gasteiger partial charge in [0.05, 0.1) is 18.7 Å². The highest BCUT2D eigenvalue weighted by Gasteiger charge is 2.67. The van der Waals surface area contributed by atoms with E-state index in [4.69, 9.17) is 0 Å². The maximum Gasteiger partial charge on any atom is 0.459 e. The van der Waals surface area contributed by atoms with Crippen molar-refractivity contribution in [2.24, 2.45) is 0 Å². The molecule has 0 saturated carbocycles. The number of piperazine rings is 1. The number of aromatic amines is 1. The molecule has 106 valence electrons. The second kappa shape index (κ2) is 4.24. The molecule has 1 aromatic carbocycles. The number of nitrogens with two attached hydrogens (primary N) is 1. The van der Waals surface area contributed by atoms with E-state index in [0.29, 0.717) is 10.9 Å². The number of H-pyrrole nitrogens is 1. The van der Waals surface area contributed by atoms with Gasteiger partial charge in [-0.3, -0.25) is 4.79 Å². The van der Waals surface area contributed by atoms with Crippen molar-refractivity contribution >= 4 is 16.8 Å². The molecule has 7 heteroatoms. The SMILES string of the molecule is O=C1NCC[NH2+]C1(c1c[nH]c2ccccc12)C(F)(F)F. The molecule has 1 saturated heterocycles. The lowest BCUT2D eigenvalue weighted by atomic mass is 9.86. The summed E-state index contributed by atoms with van der Waals surface area (Å²) in [5.41, 5.74) is -2.04. The predicted octanol–water partition coefficient (Wildman–Crippen LogP) is 0.619. The first-order valence-corrected chi connectivity index (χ1v) is 6.23. The molecule has 20 heavy (non-hydrogen) atoms. The molecule has 1 aliphatic heterocycles. The lowest BCUT2D eigenvalue weighted by molar-refractivity contribution is -0.750. The summed E-state index contributed by atoms with van der Waals surface area (Å²) in [6, 6.07) is 6.66.